The number of non-ortho nitro benzene ring substituents is 1. The lowest BCUT2D eigenvalue weighted by Gasteiger charge is -2.13. The maximum absolute atomic E-state index is 14.0. The van der Waals surface area contributed by atoms with Crippen LogP contribution in [0.25, 0.3) is 5.69 Å². The summed E-state index contributed by atoms with van der Waals surface area (Å²) in [6.07, 6.45) is 0.942. The molecule has 2 aromatic rings. The fourth-order valence-corrected chi connectivity index (χ4v) is 1.87. The van der Waals surface area contributed by atoms with Crippen molar-refractivity contribution in [1.82, 2.24) is 25.5 Å². The molecular formula is C12H15FN6O2. The lowest BCUT2D eigenvalue weighted by molar-refractivity contribution is -0.385. The smallest absolute Gasteiger partial charge is 0.272 e. The van der Waals surface area contributed by atoms with Gasteiger partial charge in [0.15, 0.2) is 11.6 Å². The molecule has 0 spiro atoms. The van der Waals surface area contributed by atoms with Crippen LogP contribution in [0.2, 0.25) is 0 Å². The molecule has 0 aliphatic carbocycles. The van der Waals surface area contributed by atoms with Gasteiger partial charge in [-0.2, -0.15) is 4.68 Å². The van der Waals surface area contributed by atoms with Crippen molar-refractivity contribution in [2.45, 2.75) is 26.3 Å². The standard InChI is InChI=1S/C12H15FN6O2/c1-3-6-14-8(2)12-15-16-17-18(12)11-5-4-9(19(20)21)7-10(11)13/h4-5,7-8,14H,3,6H2,1-2H3. The largest absolute Gasteiger partial charge is 0.307 e. The molecule has 1 unspecified atom stereocenters. The summed E-state index contributed by atoms with van der Waals surface area (Å²) < 4.78 is 15.3. The fourth-order valence-electron chi connectivity index (χ4n) is 1.87. The zero-order chi connectivity index (χ0) is 15.4. The van der Waals surface area contributed by atoms with Gasteiger partial charge in [-0.3, -0.25) is 10.1 Å². The van der Waals surface area contributed by atoms with Gasteiger partial charge in [-0.15, -0.1) is 5.10 Å². The predicted molar refractivity (Wildman–Crippen MR) is 72.5 cm³/mol. The number of nitrogens with zero attached hydrogens (tertiary/aromatic N) is 5. The van der Waals surface area contributed by atoms with E-state index in [-0.39, 0.29) is 17.4 Å². The van der Waals surface area contributed by atoms with E-state index in [1.54, 1.807) is 0 Å². The molecule has 112 valence electrons. The van der Waals surface area contributed by atoms with Gasteiger partial charge in [-0.1, -0.05) is 6.92 Å². The Labute approximate surface area is 120 Å². The molecule has 21 heavy (non-hydrogen) atoms. The fraction of sp³-hybridized carbons (Fsp3) is 0.417. The molecule has 9 heteroatoms. The van der Waals surface area contributed by atoms with E-state index in [9.17, 15) is 14.5 Å². The SMILES string of the molecule is CCCNC(C)c1nnnn1-c1ccc([N+](=O)[O-])cc1F. The zero-order valence-corrected chi connectivity index (χ0v) is 11.7. The predicted octanol–water partition coefficient (Wildman–Crippen LogP) is 1.77. The van der Waals surface area contributed by atoms with Gasteiger partial charge >= 0.3 is 0 Å². The molecule has 0 saturated heterocycles. The molecule has 1 aromatic heterocycles. The first-order chi connectivity index (χ1) is 10.0. The number of hydrogen-bond donors (Lipinski definition) is 1. The number of hydrogen-bond acceptors (Lipinski definition) is 6. The summed E-state index contributed by atoms with van der Waals surface area (Å²) in [5.41, 5.74) is -0.242. The average Bonchev–Trinajstić information content (AvgIpc) is 2.93. The van der Waals surface area contributed by atoms with E-state index in [0.717, 1.165) is 19.0 Å². The average molecular weight is 294 g/mol. The third kappa shape index (κ3) is 3.19. The Bertz CT molecular complexity index is 644. The lowest BCUT2D eigenvalue weighted by atomic mass is 10.2. The number of aromatic nitrogens is 4. The second-order valence-corrected chi connectivity index (χ2v) is 4.52. The first-order valence-corrected chi connectivity index (χ1v) is 6.50. The van der Waals surface area contributed by atoms with Crippen molar-refractivity contribution in [3.05, 3.63) is 40.0 Å². The Kier molecular flexibility index (Phi) is 4.53. The lowest BCUT2D eigenvalue weighted by Crippen LogP contribution is -2.23. The normalized spacial score (nSPS) is 12.3. The van der Waals surface area contributed by atoms with E-state index in [2.05, 4.69) is 20.8 Å². The van der Waals surface area contributed by atoms with Crippen molar-refractivity contribution in [3.8, 4) is 5.69 Å². The van der Waals surface area contributed by atoms with Gasteiger partial charge < -0.3 is 5.32 Å². The maximum atomic E-state index is 14.0. The minimum absolute atomic E-state index is 0.0748. The van der Waals surface area contributed by atoms with Gasteiger partial charge in [0.1, 0.15) is 5.69 Å². The van der Waals surface area contributed by atoms with E-state index < -0.39 is 10.7 Å². The minimum atomic E-state index is -0.750. The molecule has 1 aromatic carbocycles. The van der Waals surface area contributed by atoms with E-state index in [4.69, 9.17) is 0 Å². The highest BCUT2D eigenvalue weighted by molar-refractivity contribution is 5.42. The van der Waals surface area contributed by atoms with Crippen LogP contribution >= 0.6 is 0 Å². The van der Waals surface area contributed by atoms with Crippen LogP contribution in [-0.4, -0.2) is 31.7 Å². The molecule has 0 aliphatic heterocycles. The molecule has 0 amide bonds. The molecule has 0 saturated carbocycles. The van der Waals surface area contributed by atoms with Gasteiger partial charge in [0, 0.05) is 6.07 Å². The third-order valence-electron chi connectivity index (χ3n) is 2.95. The van der Waals surface area contributed by atoms with Crippen LogP contribution in [-0.2, 0) is 0 Å². The van der Waals surface area contributed by atoms with Gasteiger partial charge in [0.25, 0.3) is 5.69 Å². The third-order valence-corrected chi connectivity index (χ3v) is 2.95. The zero-order valence-electron chi connectivity index (χ0n) is 11.7. The quantitative estimate of drug-likeness (QED) is 0.644. The molecule has 0 aliphatic rings. The number of benzene rings is 1. The molecule has 0 bridgehead atoms. The molecule has 1 N–H and O–H groups in total. The summed E-state index contributed by atoms with van der Waals surface area (Å²) in [6.45, 7) is 4.66. The minimum Gasteiger partial charge on any atom is -0.307 e. The van der Waals surface area contributed by atoms with Crippen LogP contribution < -0.4 is 5.32 Å². The maximum Gasteiger partial charge on any atom is 0.272 e. The number of nitro groups is 1. The Morgan fingerprint density at radius 2 is 2.29 bits per heavy atom. The van der Waals surface area contributed by atoms with Crippen molar-refractivity contribution in [3.63, 3.8) is 0 Å². The highest BCUT2D eigenvalue weighted by atomic mass is 19.1. The Morgan fingerprint density at radius 1 is 1.52 bits per heavy atom. The number of tetrazole rings is 1. The molecule has 0 fully saturated rings. The van der Waals surface area contributed by atoms with Gasteiger partial charge in [0.2, 0.25) is 0 Å². The molecule has 1 atom stereocenters. The van der Waals surface area contributed by atoms with Crippen molar-refractivity contribution in [1.29, 1.82) is 0 Å². The first kappa shape index (κ1) is 15.0. The summed E-state index contributed by atoms with van der Waals surface area (Å²) in [5, 5.41) is 25.0. The Balaban J connectivity index is 2.35. The number of nitrogens with one attached hydrogen (secondary N) is 1. The molecule has 1 heterocycles. The highest BCUT2D eigenvalue weighted by Crippen LogP contribution is 2.21. The summed E-state index contributed by atoms with van der Waals surface area (Å²) in [5.74, 6) is -0.309. The van der Waals surface area contributed by atoms with Crippen LogP contribution in [0.5, 0.6) is 0 Å². The van der Waals surface area contributed by atoms with Crippen LogP contribution in [0.15, 0.2) is 18.2 Å². The molecule has 2 rings (SSSR count). The van der Waals surface area contributed by atoms with Gasteiger partial charge in [-0.05, 0) is 36.4 Å². The molecule has 8 nitrogen and oxygen atoms in total. The summed E-state index contributed by atoms with van der Waals surface area (Å²) in [7, 11) is 0. The van der Waals surface area contributed by atoms with Crippen LogP contribution in [0, 0.1) is 15.9 Å². The van der Waals surface area contributed by atoms with Gasteiger partial charge in [0.05, 0.1) is 17.0 Å². The van der Waals surface area contributed by atoms with Gasteiger partial charge in [-0.25, -0.2) is 4.39 Å². The second kappa shape index (κ2) is 6.35. The summed E-state index contributed by atoms with van der Waals surface area (Å²) >= 11 is 0. The van der Waals surface area contributed by atoms with E-state index in [0.29, 0.717) is 5.82 Å². The van der Waals surface area contributed by atoms with Crippen molar-refractivity contribution < 1.29 is 9.31 Å². The second-order valence-electron chi connectivity index (χ2n) is 4.52. The summed E-state index contributed by atoms with van der Waals surface area (Å²) in [4.78, 5) is 9.97. The van der Waals surface area contributed by atoms with Crippen LogP contribution in [0.4, 0.5) is 10.1 Å². The van der Waals surface area contributed by atoms with Crippen molar-refractivity contribution in [2.75, 3.05) is 6.54 Å². The van der Waals surface area contributed by atoms with Crippen LogP contribution in [0.3, 0.4) is 0 Å². The van der Waals surface area contributed by atoms with Crippen molar-refractivity contribution in [2.24, 2.45) is 0 Å². The van der Waals surface area contributed by atoms with Crippen molar-refractivity contribution >= 4 is 5.69 Å². The monoisotopic (exact) mass is 294 g/mol. The topological polar surface area (TPSA) is 98.8 Å². The van der Waals surface area contributed by atoms with Crippen LogP contribution in [0.1, 0.15) is 32.1 Å². The van der Waals surface area contributed by atoms with E-state index >= 15 is 0 Å². The Hall–Kier alpha value is -2.42. The molecule has 0 radical (unpaired) electrons. The first-order valence-electron chi connectivity index (χ1n) is 6.50. The van der Waals surface area contributed by atoms with E-state index in [1.807, 2.05) is 13.8 Å². The van der Waals surface area contributed by atoms with E-state index in [1.165, 1.54) is 16.8 Å². The number of rotatable bonds is 6. The number of nitro benzene ring substituents is 1. The summed E-state index contributed by atoms with van der Waals surface area (Å²) in [6, 6.07) is 3.19. The number of halogens is 1. The molecular weight excluding hydrogens is 279 g/mol. The highest BCUT2D eigenvalue weighted by Gasteiger charge is 2.19. The Morgan fingerprint density at radius 3 is 2.90 bits per heavy atom.